The molecule has 1 fully saturated rings. The number of carbonyl (C=O) groups excluding carboxylic acids is 1. The SMILES string of the molecule is Cc1ccc(C(=O)N2CC(C)CC(N)C2)c(=O)[nH]1. The number of aromatic amines is 1. The maximum absolute atomic E-state index is 12.3. The fourth-order valence-corrected chi connectivity index (χ4v) is 2.48. The molecule has 1 aromatic rings. The van der Waals surface area contributed by atoms with E-state index in [4.69, 9.17) is 5.73 Å². The van der Waals surface area contributed by atoms with E-state index in [0.29, 0.717) is 19.0 Å². The molecule has 1 amide bonds. The van der Waals surface area contributed by atoms with Crippen molar-refractivity contribution in [1.29, 1.82) is 0 Å². The second-order valence-corrected chi connectivity index (χ2v) is 5.20. The van der Waals surface area contributed by atoms with Crippen LogP contribution in [0.4, 0.5) is 0 Å². The molecule has 98 valence electrons. The van der Waals surface area contributed by atoms with Crippen LogP contribution in [0.3, 0.4) is 0 Å². The van der Waals surface area contributed by atoms with Gasteiger partial charge in [0.25, 0.3) is 11.5 Å². The average molecular weight is 249 g/mol. The summed E-state index contributed by atoms with van der Waals surface area (Å²) in [5.41, 5.74) is 6.53. The van der Waals surface area contributed by atoms with Gasteiger partial charge in [-0.2, -0.15) is 0 Å². The van der Waals surface area contributed by atoms with Gasteiger partial charge in [0.1, 0.15) is 5.56 Å². The van der Waals surface area contributed by atoms with E-state index in [1.165, 1.54) is 0 Å². The number of piperidine rings is 1. The van der Waals surface area contributed by atoms with E-state index in [1.807, 2.05) is 0 Å². The molecule has 2 atom stereocenters. The number of nitrogens with one attached hydrogen (secondary N) is 1. The van der Waals surface area contributed by atoms with E-state index in [0.717, 1.165) is 12.1 Å². The van der Waals surface area contributed by atoms with Crippen LogP contribution >= 0.6 is 0 Å². The van der Waals surface area contributed by atoms with Crippen LogP contribution in [0.1, 0.15) is 29.4 Å². The summed E-state index contributed by atoms with van der Waals surface area (Å²) >= 11 is 0. The average Bonchev–Trinajstić information content (AvgIpc) is 2.26. The lowest BCUT2D eigenvalue weighted by Crippen LogP contribution is -2.49. The van der Waals surface area contributed by atoms with E-state index in [9.17, 15) is 9.59 Å². The molecule has 1 saturated heterocycles. The van der Waals surface area contributed by atoms with Gasteiger partial charge in [-0.05, 0) is 31.4 Å². The Morgan fingerprint density at radius 3 is 2.78 bits per heavy atom. The van der Waals surface area contributed by atoms with Gasteiger partial charge in [-0.15, -0.1) is 0 Å². The molecule has 0 aromatic carbocycles. The van der Waals surface area contributed by atoms with E-state index < -0.39 is 0 Å². The quantitative estimate of drug-likeness (QED) is 0.760. The molecule has 18 heavy (non-hydrogen) atoms. The molecule has 1 aromatic heterocycles. The van der Waals surface area contributed by atoms with Crippen LogP contribution in [0.2, 0.25) is 0 Å². The van der Waals surface area contributed by atoms with Crippen molar-refractivity contribution in [1.82, 2.24) is 9.88 Å². The Kier molecular flexibility index (Phi) is 3.52. The predicted molar refractivity (Wildman–Crippen MR) is 69.5 cm³/mol. The van der Waals surface area contributed by atoms with Crippen molar-refractivity contribution >= 4 is 5.91 Å². The standard InChI is InChI=1S/C13H19N3O2/c1-8-5-10(14)7-16(6-8)13(18)11-4-3-9(2)15-12(11)17/h3-4,8,10H,5-7,14H2,1-2H3,(H,15,17). The Balaban J connectivity index is 2.23. The highest BCUT2D eigenvalue weighted by Crippen LogP contribution is 2.16. The van der Waals surface area contributed by atoms with E-state index in [2.05, 4.69) is 11.9 Å². The molecule has 1 aliphatic heterocycles. The summed E-state index contributed by atoms with van der Waals surface area (Å²) in [4.78, 5) is 28.4. The smallest absolute Gasteiger partial charge is 0.260 e. The van der Waals surface area contributed by atoms with Crippen LogP contribution in [0.25, 0.3) is 0 Å². The van der Waals surface area contributed by atoms with E-state index in [1.54, 1.807) is 24.0 Å². The highest BCUT2D eigenvalue weighted by molar-refractivity contribution is 5.93. The number of aromatic nitrogens is 1. The fraction of sp³-hybridized carbons (Fsp3) is 0.538. The largest absolute Gasteiger partial charge is 0.337 e. The molecule has 0 aliphatic carbocycles. The number of rotatable bonds is 1. The van der Waals surface area contributed by atoms with Gasteiger partial charge in [0.05, 0.1) is 0 Å². The third-order valence-electron chi connectivity index (χ3n) is 3.27. The highest BCUT2D eigenvalue weighted by atomic mass is 16.2. The van der Waals surface area contributed by atoms with Crippen molar-refractivity contribution < 1.29 is 4.79 Å². The normalized spacial score (nSPS) is 24.1. The fourth-order valence-electron chi connectivity index (χ4n) is 2.48. The summed E-state index contributed by atoms with van der Waals surface area (Å²) in [6.45, 7) is 5.05. The van der Waals surface area contributed by atoms with Gasteiger partial charge in [0.2, 0.25) is 0 Å². The molecule has 3 N–H and O–H groups in total. The monoisotopic (exact) mass is 249 g/mol. The van der Waals surface area contributed by atoms with Gasteiger partial charge < -0.3 is 15.6 Å². The summed E-state index contributed by atoms with van der Waals surface area (Å²) in [5.74, 6) is 0.153. The molecular formula is C13H19N3O2. The Hall–Kier alpha value is -1.62. The maximum atomic E-state index is 12.3. The minimum atomic E-state index is -0.327. The predicted octanol–water partition coefficient (Wildman–Crippen LogP) is 0.493. The second kappa shape index (κ2) is 4.94. The molecule has 5 nitrogen and oxygen atoms in total. The van der Waals surface area contributed by atoms with Gasteiger partial charge in [0, 0.05) is 24.8 Å². The second-order valence-electron chi connectivity index (χ2n) is 5.20. The third kappa shape index (κ3) is 2.61. The van der Waals surface area contributed by atoms with Gasteiger partial charge in [-0.3, -0.25) is 9.59 Å². The van der Waals surface area contributed by atoms with Gasteiger partial charge in [-0.25, -0.2) is 0 Å². The lowest BCUT2D eigenvalue weighted by molar-refractivity contribution is 0.0659. The number of H-pyrrole nitrogens is 1. The molecule has 0 spiro atoms. The molecule has 2 rings (SSSR count). The molecule has 0 saturated carbocycles. The number of hydrogen-bond donors (Lipinski definition) is 2. The molecule has 0 bridgehead atoms. The first-order chi connectivity index (χ1) is 8.47. The van der Waals surface area contributed by atoms with Crippen LogP contribution in [0.15, 0.2) is 16.9 Å². The minimum Gasteiger partial charge on any atom is -0.337 e. The minimum absolute atomic E-state index is 0.00206. The summed E-state index contributed by atoms with van der Waals surface area (Å²) in [5, 5.41) is 0. The maximum Gasteiger partial charge on any atom is 0.260 e. The number of likely N-dealkylation sites (tertiary alicyclic amines) is 1. The molecule has 0 radical (unpaired) electrons. The molecule has 2 unspecified atom stereocenters. The number of aryl methyl sites for hydroxylation is 1. The van der Waals surface area contributed by atoms with Crippen LogP contribution in [-0.2, 0) is 0 Å². The number of amides is 1. The Morgan fingerprint density at radius 2 is 2.17 bits per heavy atom. The molecule has 5 heteroatoms. The van der Waals surface area contributed by atoms with E-state index in [-0.39, 0.29) is 23.1 Å². The van der Waals surface area contributed by atoms with Crippen LogP contribution in [0, 0.1) is 12.8 Å². The highest BCUT2D eigenvalue weighted by Gasteiger charge is 2.27. The van der Waals surface area contributed by atoms with Gasteiger partial charge in [-0.1, -0.05) is 6.92 Å². The molecule has 1 aliphatic rings. The Labute approximate surface area is 106 Å². The first kappa shape index (κ1) is 12.8. The van der Waals surface area contributed by atoms with Crippen LogP contribution < -0.4 is 11.3 Å². The van der Waals surface area contributed by atoms with Crippen molar-refractivity contribution in [2.45, 2.75) is 26.3 Å². The number of pyridine rings is 1. The zero-order valence-electron chi connectivity index (χ0n) is 10.8. The first-order valence-corrected chi connectivity index (χ1v) is 6.22. The van der Waals surface area contributed by atoms with Gasteiger partial charge >= 0.3 is 0 Å². The number of nitrogens with two attached hydrogens (primary N) is 1. The lowest BCUT2D eigenvalue weighted by Gasteiger charge is -2.34. The summed E-state index contributed by atoms with van der Waals surface area (Å²) in [6, 6.07) is 3.32. The number of hydrogen-bond acceptors (Lipinski definition) is 3. The molecule has 2 heterocycles. The Bertz CT molecular complexity index is 499. The number of nitrogens with zero attached hydrogens (tertiary/aromatic N) is 1. The zero-order chi connectivity index (χ0) is 13.3. The van der Waals surface area contributed by atoms with Crippen molar-refractivity contribution in [2.24, 2.45) is 11.7 Å². The molecular weight excluding hydrogens is 230 g/mol. The lowest BCUT2D eigenvalue weighted by atomic mass is 9.96. The van der Waals surface area contributed by atoms with Crippen LogP contribution in [-0.4, -0.2) is 34.9 Å². The van der Waals surface area contributed by atoms with Crippen LogP contribution in [0.5, 0.6) is 0 Å². The topological polar surface area (TPSA) is 79.2 Å². The summed E-state index contributed by atoms with van der Waals surface area (Å²) < 4.78 is 0. The first-order valence-electron chi connectivity index (χ1n) is 6.22. The van der Waals surface area contributed by atoms with Crippen molar-refractivity contribution in [2.75, 3.05) is 13.1 Å². The van der Waals surface area contributed by atoms with Crippen molar-refractivity contribution in [3.05, 3.63) is 33.7 Å². The van der Waals surface area contributed by atoms with E-state index >= 15 is 0 Å². The summed E-state index contributed by atoms with van der Waals surface area (Å²) in [6.07, 6.45) is 0.925. The van der Waals surface area contributed by atoms with Crippen molar-refractivity contribution in [3.8, 4) is 0 Å². The summed E-state index contributed by atoms with van der Waals surface area (Å²) in [7, 11) is 0. The van der Waals surface area contributed by atoms with Gasteiger partial charge in [0.15, 0.2) is 0 Å². The number of carbonyl (C=O) groups is 1. The Morgan fingerprint density at radius 1 is 1.44 bits per heavy atom. The zero-order valence-corrected chi connectivity index (χ0v) is 10.8. The third-order valence-corrected chi connectivity index (χ3v) is 3.27. The van der Waals surface area contributed by atoms with Crippen molar-refractivity contribution in [3.63, 3.8) is 0 Å².